The summed E-state index contributed by atoms with van der Waals surface area (Å²) >= 11 is 5.47. The molecule has 0 atom stereocenters. The summed E-state index contributed by atoms with van der Waals surface area (Å²) in [6, 6.07) is 6.84. The predicted molar refractivity (Wildman–Crippen MR) is 72.8 cm³/mol. The Balaban J connectivity index is 2.15. The molecule has 1 heterocycles. The molecule has 19 heavy (non-hydrogen) atoms. The Kier molecular flexibility index (Phi) is 4.63. The Morgan fingerprint density at radius 1 is 1.37 bits per heavy atom. The third-order valence-corrected chi connectivity index (χ3v) is 2.94. The zero-order valence-corrected chi connectivity index (χ0v) is 11.2. The number of nitrogens with zero attached hydrogens (tertiary/aromatic N) is 1. The molecule has 0 saturated heterocycles. The molecule has 5 nitrogen and oxygen atoms in total. The summed E-state index contributed by atoms with van der Waals surface area (Å²) in [5.41, 5.74) is 0.677. The van der Waals surface area contributed by atoms with E-state index in [1.165, 1.54) is 4.90 Å². The van der Waals surface area contributed by atoms with Gasteiger partial charge in [0.1, 0.15) is 5.75 Å². The second kappa shape index (κ2) is 6.43. The van der Waals surface area contributed by atoms with E-state index in [2.05, 4.69) is 5.32 Å². The van der Waals surface area contributed by atoms with Crippen LogP contribution in [0, 0.1) is 0 Å². The van der Waals surface area contributed by atoms with Crippen molar-refractivity contribution in [2.45, 2.75) is 12.8 Å². The average Bonchev–Trinajstić information content (AvgIpc) is 2.61. The van der Waals surface area contributed by atoms with Gasteiger partial charge >= 0.3 is 6.03 Å². The molecule has 102 valence electrons. The highest BCUT2D eigenvalue weighted by Gasteiger charge is 2.22. The minimum Gasteiger partial charge on any atom is -0.491 e. The number of nitrogens with one attached hydrogen (secondary N) is 1. The zero-order chi connectivity index (χ0) is 13.7. The van der Waals surface area contributed by atoms with E-state index in [0.717, 1.165) is 0 Å². The zero-order valence-electron chi connectivity index (χ0n) is 10.4. The van der Waals surface area contributed by atoms with Crippen molar-refractivity contribution >= 4 is 29.2 Å². The highest BCUT2D eigenvalue weighted by molar-refractivity contribution is 6.19. The predicted octanol–water partition coefficient (Wildman–Crippen LogP) is 2.14. The number of amides is 3. The van der Waals surface area contributed by atoms with Crippen LogP contribution in [0.15, 0.2) is 24.3 Å². The number of rotatable bonds is 2. The molecule has 2 rings (SSSR count). The van der Waals surface area contributed by atoms with Gasteiger partial charge in [0.25, 0.3) is 0 Å². The van der Waals surface area contributed by atoms with Gasteiger partial charge in [0, 0.05) is 18.8 Å². The number of halogens is 1. The van der Waals surface area contributed by atoms with Gasteiger partial charge in [-0.3, -0.25) is 15.0 Å². The molecular weight excluding hydrogens is 268 g/mol. The number of para-hydroxylation sites is 2. The summed E-state index contributed by atoms with van der Waals surface area (Å²) in [6.07, 6.45) is 0.838. The van der Waals surface area contributed by atoms with E-state index in [1.54, 1.807) is 6.07 Å². The number of urea groups is 1. The number of hydrogen-bond donors (Lipinski definition) is 1. The average molecular weight is 283 g/mol. The summed E-state index contributed by atoms with van der Waals surface area (Å²) in [4.78, 5) is 25.0. The number of ether oxygens (including phenoxy) is 1. The van der Waals surface area contributed by atoms with Gasteiger partial charge in [-0.2, -0.15) is 0 Å². The normalized spacial score (nSPS) is 14.1. The Morgan fingerprint density at radius 3 is 2.95 bits per heavy atom. The number of carbonyl (C=O) groups is 2. The maximum Gasteiger partial charge on any atom is 0.328 e. The molecule has 0 aliphatic carbocycles. The highest BCUT2D eigenvalue weighted by atomic mass is 35.5. The second-order valence-electron chi connectivity index (χ2n) is 4.11. The number of hydrogen-bond acceptors (Lipinski definition) is 3. The standard InChI is InChI=1S/C13H15ClN2O3/c14-7-6-12(17)15-13(18)16-8-3-9-19-11-5-2-1-4-10(11)16/h1-2,4-5H,3,6-9H2,(H,15,17,18). The number of benzene rings is 1. The van der Waals surface area contributed by atoms with Crippen LogP contribution < -0.4 is 15.0 Å². The molecule has 0 saturated carbocycles. The van der Waals surface area contributed by atoms with Crippen molar-refractivity contribution in [3.63, 3.8) is 0 Å². The number of imide groups is 1. The van der Waals surface area contributed by atoms with Crippen LogP contribution in [0.25, 0.3) is 0 Å². The lowest BCUT2D eigenvalue weighted by Gasteiger charge is -2.21. The van der Waals surface area contributed by atoms with Gasteiger partial charge in [-0.15, -0.1) is 11.6 Å². The third kappa shape index (κ3) is 3.38. The molecule has 0 fully saturated rings. The number of alkyl halides is 1. The molecule has 6 heteroatoms. The van der Waals surface area contributed by atoms with Gasteiger partial charge in [-0.1, -0.05) is 12.1 Å². The highest BCUT2D eigenvalue weighted by Crippen LogP contribution is 2.30. The van der Waals surface area contributed by atoms with Gasteiger partial charge in [0.2, 0.25) is 5.91 Å². The molecule has 0 aromatic heterocycles. The minimum absolute atomic E-state index is 0.124. The number of anilines is 1. The lowest BCUT2D eigenvalue weighted by molar-refractivity contribution is -0.119. The van der Waals surface area contributed by atoms with Crippen LogP contribution in [0.2, 0.25) is 0 Å². The van der Waals surface area contributed by atoms with E-state index < -0.39 is 6.03 Å². The lowest BCUT2D eigenvalue weighted by atomic mass is 10.2. The molecule has 0 spiro atoms. The van der Waals surface area contributed by atoms with Gasteiger partial charge in [-0.05, 0) is 18.6 Å². The quantitative estimate of drug-likeness (QED) is 0.846. The summed E-state index contributed by atoms with van der Waals surface area (Å²) in [5.74, 6) is 0.473. The van der Waals surface area contributed by atoms with Crippen LogP contribution in [-0.2, 0) is 4.79 Å². The number of fused-ring (bicyclic) bond motifs is 1. The summed E-state index contributed by atoms with van der Waals surface area (Å²) < 4.78 is 5.55. The first-order valence-corrected chi connectivity index (χ1v) is 6.65. The fourth-order valence-electron chi connectivity index (χ4n) is 1.87. The maximum absolute atomic E-state index is 12.1. The van der Waals surface area contributed by atoms with Crippen molar-refractivity contribution in [2.75, 3.05) is 23.9 Å². The Morgan fingerprint density at radius 2 is 2.16 bits per heavy atom. The molecule has 3 amide bonds. The van der Waals surface area contributed by atoms with Gasteiger partial charge in [-0.25, -0.2) is 4.79 Å². The molecule has 0 radical (unpaired) electrons. The first kappa shape index (κ1) is 13.7. The largest absolute Gasteiger partial charge is 0.491 e. The van der Waals surface area contributed by atoms with Crippen molar-refractivity contribution < 1.29 is 14.3 Å². The van der Waals surface area contributed by atoms with Crippen LogP contribution in [0.3, 0.4) is 0 Å². The van der Waals surface area contributed by atoms with Gasteiger partial charge in [0.15, 0.2) is 0 Å². The smallest absolute Gasteiger partial charge is 0.328 e. The molecule has 1 aromatic carbocycles. The molecule has 1 aliphatic heterocycles. The Bertz CT molecular complexity index is 479. The van der Waals surface area contributed by atoms with Crippen LogP contribution in [0.4, 0.5) is 10.5 Å². The van der Waals surface area contributed by atoms with Crippen LogP contribution in [0.5, 0.6) is 5.75 Å². The van der Waals surface area contributed by atoms with Crippen molar-refractivity contribution in [1.29, 1.82) is 0 Å². The molecule has 1 aliphatic rings. The fourth-order valence-corrected chi connectivity index (χ4v) is 2.05. The van der Waals surface area contributed by atoms with Crippen molar-refractivity contribution in [3.05, 3.63) is 24.3 Å². The van der Waals surface area contributed by atoms with Crippen molar-refractivity contribution in [2.24, 2.45) is 0 Å². The monoisotopic (exact) mass is 282 g/mol. The van der Waals surface area contributed by atoms with Crippen LogP contribution in [0.1, 0.15) is 12.8 Å². The van der Waals surface area contributed by atoms with Gasteiger partial charge < -0.3 is 4.74 Å². The van der Waals surface area contributed by atoms with E-state index >= 15 is 0 Å². The molecule has 0 bridgehead atoms. The SMILES string of the molecule is O=C(CCCl)NC(=O)N1CCCOc2ccccc21. The van der Waals surface area contributed by atoms with E-state index in [0.29, 0.717) is 31.0 Å². The van der Waals surface area contributed by atoms with E-state index in [4.69, 9.17) is 16.3 Å². The lowest BCUT2D eigenvalue weighted by Crippen LogP contribution is -2.43. The Labute approximate surface area is 116 Å². The summed E-state index contributed by atoms with van der Waals surface area (Å²) in [6.45, 7) is 1.06. The summed E-state index contributed by atoms with van der Waals surface area (Å²) in [5, 5.41) is 2.33. The Hall–Kier alpha value is -1.75. The minimum atomic E-state index is -0.437. The first-order valence-electron chi connectivity index (χ1n) is 6.11. The van der Waals surface area contributed by atoms with E-state index in [1.807, 2.05) is 18.2 Å². The maximum atomic E-state index is 12.1. The molecule has 1 N–H and O–H groups in total. The number of carbonyl (C=O) groups excluding carboxylic acids is 2. The van der Waals surface area contributed by atoms with Crippen molar-refractivity contribution in [1.82, 2.24) is 5.32 Å². The van der Waals surface area contributed by atoms with Crippen LogP contribution >= 0.6 is 11.6 Å². The second-order valence-corrected chi connectivity index (χ2v) is 4.49. The molecular formula is C13H15ClN2O3. The van der Waals surface area contributed by atoms with Crippen LogP contribution in [-0.4, -0.2) is 31.0 Å². The third-order valence-electron chi connectivity index (χ3n) is 2.75. The van der Waals surface area contributed by atoms with E-state index in [9.17, 15) is 9.59 Å². The fraction of sp³-hybridized carbons (Fsp3) is 0.385. The molecule has 1 aromatic rings. The molecule has 0 unspecified atom stereocenters. The van der Waals surface area contributed by atoms with Gasteiger partial charge in [0.05, 0.1) is 12.3 Å². The summed E-state index contributed by atoms with van der Waals surface area (Å²) in [7, 11) is 0. The van der Waals surface area contributed by atoms with Crippen molar-refractivity contribution in [3.8, 4) is 5.75 Å². The topological polar surface area (TPSA) is 58.6 Å². The first-order chi connectivity index (χ1) is 9.22. The van der Waals surface area contributed by atoms with E-state index in [-0.39, 0.29) is 18.2 Å².